The van der Waals surface area contributed by atoms with Gasteiger partial charge in [-0.05, 0) is 42.2 Å². The Kier molecular flexibility index (Phi) is 4.56. The van der Waals surface area contributed by atoms with Gasteiger partial charge in [0.2, 0.25) is 0 Å². The minimum atomic E-state index is 0.416. The monoisotopic (exact) mass is 255 g/mol. The molecule has 0 aliphatic heterocycles. The van der Waals surface area contributed by atoms with E-state index in [1.54, 1.807) is 7.11 Å². The van der Waals surface area contributed by atoms with Crippen LogP contribution in [0.4, 0.5) is 0 Å². The fourth-order valence-corrected chi connectivity index (χ4v) is 2.58. The Morgan fingerprint density at radius 1 is 1.11 bits per heavy atom. The van der Waals surface area contributed by atoms with Crippen LogP contribution in [0, 0.1) is 0 Å². The number of rotatable bonds is 5. The van der Waals surface area contributed by atoms with E-state index in [1.807, 2.05) is 24.4 Å². The van der Waals surface area contributed by atoms with E-state index in [-0.39, 0.29) is 0 Å². The number of nitrogens with zero attached hydrogens (tertiary/aromatic N) is 1. The van der Waals surface area contributed by atoms with Gasteiger partial charge in [-0.15, -0.1) is 0 Å². The average Bonchev–Trinajstić information content (AvgIpc) is 2.49. The first kappa shape index (κ1) is 13.6. The molecule has 0 amide bonds. The van der Waals surface area contributed by atoms with Crippen molar-refractivity contribution >= 4 is 0 Å². The zero-order valence-corrected chi connectivity index (χ0v) is 11.8. The zero-order chi connectivity index (χ0) is 13.7. The summed E-state index contributed by atoms with van der Waals surface area (Å²) in [5.41, 5.74) is 2.51. The molecule has 0 saturated carbocycles. The van der Waals surface area contributed by atoms with Gasteiger partial charge in [-0.2, -0.15) is 0 Å². The topological polar surface area (TPSA) is 22.1 Å². The van der Waals surface area contributed by atoms with Crippen molar-refractivity contribution in [3.8, 4) is 5.75 Å². The molecule has 0 N–H and O–H groups in total. The quantitative estimate of drug-likeness (QED) is 0.790. The highest BCUT2D eigenvalue weighted by Gasteiger charge is 2.20. The molecule has 0 aliphatic rings. The second kappa shape index (κ2) is 6.37. The molecule has 0 unspecified atom stereocenters. The third-order valence-electron chi connectivity index (χ3n) is 3.74. The number of ether oxygens (including phenoxy) is 1. The van der Waals surface area contributed by atoms with E-state index in [1.165, 1.54) is 5.56 Å². The Balaban J connectivity index is 2.23. The van der Waals surface area contributed by atoms with E-state index in [0.29, 0.717) is 11.8 Å². The molecule has 100 valence electrons. The predicted molar refractivity (Wildman–Crippen MR) is 78.7 cm³/mol. The maximum Gasteiger partial charge on any atom is 0.118 e. The van der Waals surface area contributed by atoms with Crippen molar-refractivity contribution in [3.63, 3.8) is 0 Å². The van der Waals surface area contributed by atoms with E-state index in [4.69, 9.17) is 4.74 Å². The van der Waals surface area contributed by atoms with E-state index >= 15 is 0 Å². The second-order valence-corrected chi connectivity index (χ2v) is 4.83. The SMILES string of the molecule is CC[C@@H](c1ccc(OC)cc1)[C@H](C)c1ccccn1. The van der Waals surface area contributed by atoms with Crippen LogP contribution in [0.5, 0.6) is 5.75 Å². The molecular weight excluding hydrogens is 234 g/mol. The van der Waals surface area contributed by atoms with Gasteiger partial charge in [-0.3, -0.25) is 4.98 Å². The molecule has 1 aromatic heterocycles. The minimum absolute atomic E-state index is 0.416. The predicted octanol–water partition coefficient (Wildman–Crippen LogP) is 4.39. The summed E-state index contributed by atoms with van der Waals surface area (Å²) in [5.74, 6) is 1.81. The first-order valence-corrected chi connectivity index (χ1v) is 6.81. The van der Waals surface area contributed by atoms with Gasteiger partial charge in [0.05, 0.1) is 7.11 Å². The first-order chi connectivity index (χ1) is 9.26. The molecule has 2 atom stereocenters. The van der Waals surface area contributed by atoms with Gasteiger partial charge in [0, 0.05) is 17.8 Å². The summed E-state index contributed by atoms with van der Waals surface area (Å²) >= 11 is 0. The van der Waals surface area contributed by atoms with Crippen molar-refractivity contribution in [1.82, 2.24) is 4.98 Å². The largest absolute Gasteiger partial charge is 0.497 e. The van der Waals surface area contributed by atoms with Gasteiger partial charge in [-0.25, -0.2) is 0 Å². The van der Waals surface area contributed by atoms with Crippen molar-refractivity contribution in [3.05, 3.63) is 59.9 Å². The summed E-state index contributed by atoms with van der Waals surface area (Å²) in [7, 11) is 1.70. The smallest absolute Gasteiger partial charge is 0.118 e. The second-order valence-electron chi connectivity index (χ2n) is 4.83. The standard InChI is InChI=1S/C17H21NO/c1-4-16(13(2)17-7-5-6-12-18-17)14-8-10-15(19-3)11-9-14/h5-13,16H,4H2,1-3H3/t13-,16+/m0/s1. The summed E-state index contributed by atoms with van der Waals surface area (Å²) in [6.45, 7) is 4.48. The van der Waals surface area contributed by atoms with Crippen molar-refractivity contribution in [2.24, 2.45) is 0 Å². The summed E-state index contributed by atoms with van der Waals surface area (Å²) in [6, 6.07) is 14.5. The highest BCUT2D eigenvalue weighted by molar-refractivity contribution is 5.31. The first-order valence-electron chi connectivity index (χ1n) is 6.81. The lowest BCUT2D eigenvalue weighted by atomic mass is 9.83. The molecule has 0 saturated heterocycles. The molecule has 2 nitrogen and oxygen atoms in total. The Bertz CT molecular complexity index is 492. The fourth-order valence-electron chi connectivity index (χ4n) is 2.58. The van der Waals surface area contributed by atoms with Gasteiger partial charge in [-0.1, -0.05) is 32.0 Å². The lowest BCUT2D eigenvalue weighted by Gasteiger charge is -2.23. The van der Waals surface area contributed by atoms with Crippen molar-refractivity contribution in [2.45, 2.75) is 32.1 Å². The van der Waals surface area contributed by atoms with Crippen LogP contribution in [0.25, 0.3) is 0 Å². The van der Waals surface area contributed by atoms with Crippen molar-refractivity contribution in [2.75, 3.05) is 7.11 Å². The van der Waals surface area contributed by atoms with Crippen LogP contribution in [0.2, 0.25) is 0 Å². The summed E-state index contributed by atoms with van der Waals surface area (Å²) in [6.07, 6.45) is 2.97. The number of pyridine rings is 1. The van der Waals surface area contributed by atoms with Crippen LogP contribution in [0.3, 0.4) is 0 Å². The summed E-state index contributed by atoms with van der Waals surface area (Å²) in [5, 5.41) is 0. The molecule has 1 heterocycles. The third kappa shape index (κ3) is 3.14. The summed E-state index contributed by atoms with van der Waals surface area (Å²) in [4.78, 5) is 4.48. The van der Waals surface area contributed by atoms with E-state index in [2.05, 4.69) is 43.1 Å². The number of methoxy groups -OCH3 is 1. The summed E-state index contributed by atoms with van der Waals surface area (Å²) < 4.78 is 5.22. The molecule has 0 aliphatic carbocycles. The highest BCUT2D eigenvalue weighted by Crippen LogP contribution is 2.34. The van der Waals surface area contributed by atoms with Gasteiger partial charge >= 0.3 is 0 Å². The van der Waals surface area contributed by atoms with Crippen LogP contribution in [-0.4, -0.2) is 12.1 Å². The number of benzene rings is 1. The van der Waals surface area contributed by atoms with Gasteiger partial charge in [0.15, 0.2) is 0 Å². The van der Waals surface area contributed by atoms with Crippen LogP contribution in [0.15, 0.2) is 48.7 Å². The fraction of sp³-hybridized carbons (Fsp3) is 0.353. The molecule has 2 rings (SSSR count). The molecule has 19 heavy (non-hydrogen) atoms. The maximum atomic E-state index is 5.22. The Labute approximate surface area is 115 Å². The highest BCUT2D eigenvalue weighted by atomic mass is 16.5. The van der Waals surface area contributed by atoms with Crippen molar-refractivity contribution < 1.29 is 4.74 Å². The van der Waals surface area contributed by atoms with Crippen LogP contribution < -0.4 is 4.74 Å². The normalized spacial score (nSPS) is 13.8. The van der Waals surface area contributed by atoms with E-state index < -0.39 is 0 Å². The lowest BCUT2D eigenvalue weighted by Crippen LogP contribution is -2.09. The molecule has 0 spiro atoms. The van der Waals surface area contributed by atoms with Gasteiger partial charge in [0.1, 0.15) is 5.75 Å². The minimum Gasteiger partial charge on any atom is -0.497 e. The van der Waals surface area contributed by atoms with Gasteiger partial charge < -0.3 is 4.74 Å². The van der Waals surface area contributed by atoms with Crippen molar-refractivity contribution in [1.29, 1.82) is 0 Å². The van der Waals surface area contributed by atoms with E-state index in [9.17, 15) is 0 Å². The Hall–Kier alpha value is -1.83. The molecule has 0 bridgehead atoms. The number of hydrogen-bond acceptors (Lipinski definition) is 2. The van der Waals surface area contributed by atoms with Gasteiger partial charge in [0.25, 0.3) is 0 Å². The lowest BCUT2D eigenvalue weighted by molar-refractivity contribution is 0.414. The molecule has 2 aromatic rings. The van der Waals surface area contributed by atoms with Crippen LogP contribution in [0.1, 0.15) is 43.4 Å². The molecule has 0 radical (unpaired) electrons. The van der Waals surface area contributed by atoms with Crippen LogP contribution >= 0.6 is 0 Å². The number of hydrogen-bond donors (Lipinski definition) is 0. The molecule has 1 aromatic carbocycles. The molecule has 2 heteroatoms. The molecular formula is C17H21NO. The molecule has 0 fully saturated rings. The average molecular weight is 255 g/mol. The third-order valence-corrected chi connectivity index (χ3v) is 3.74. The van der Waals surface area contributed by atoms with Crippen LogP contribution in [-0.2, 0) is 0 Å². The Morgan fingerprint density at radius 2 is 1.84 bits per heavy atom. The maximum absolute atomic E-state index is 5.22. The van der Waals surface area contributed by atoms with E-state index in [0.717, 1.165) is 17.9 Å². The Morgan fingerprint density at radius 3 is 2.37 bits per heavy atom. The zero-order valence-electron chi connectivity index (χ0n) is 11.8. The number of aromatic nitrogens is 1.